The Kier molecular flexibility index (Phi) is 7.55. The van der Waals surface area contributed by atoms with E-state index >= 15 is 0 Å². The molecule has 0 spiro atoms. The van der Waals surface area contributed by atoms with E-state index in [1.54, 1.807) is 0 Å². The largest absolute Gasteiger partial charge is 0.455 e. The normalized spacial score (nSPS) is 12.9. The highest BCUT2D eigenvalue weighted by molar-refractivity contribution is 6.19. The summed E-state index contributed by atoms with van der Waals surface area (Å²) in [5.41, 5.74) is 17.7. The lowest BCUT2D eigenvalue weighted by molar-refractivity contribution is 0.660. The first-order valence-corrected chi connectivity index (χ1v) is 19.8. The number of benzene rings is 9. The van der Waals surface area contributed by atoms with Crippen LogP contribution in [0.25, 0.3) is 77.2 Å². The molecular formula is C55H39NO. The molecule has 0 radical (unpaired) electrons. The molecule has 0 fully saturated rings. The molecule has 0 saturated carbocycles. The third-order valence-corrected chi connectivity index (χ3v) is 12.1. The minimum Gasteiger partial charge on any atom is -0.455 e. The van der Waals surface area contributed by atoms with Crippen LogP contribution in [0.4, 0.5) is 17.1 Å². The first-order chi connectivity index (χ1) is 28.0. The van der Waals surface area contributed by atoms with Gasteiger partial charge in [0.15, 0.2) is 0 Å². The molecule has 0 aliphatic heterocycles. The lowest BCUT2D eigenvalue weighted by Crippen LogP contribution is -2.14. The van der Waals surface area contributed by atoms with Crippen LogP contribution in [0.5, 0.6) is 0 Å². The molecule has 0 atom stereocenters. The first-order valence-electron chi connectivity index (χ1n) is 19.8. The molecule has 0 amide bonds. The molecule has 9 aromatic carbocycles. The van der Waals surface area contributed by atoms with Gasteiger partial charge in [-0.3, -0.25) is 0 Å². The summed E-state index contributed by atoms with van der Waals surface area (Å²) >= 11 is 0. The Morgan fingerprint density at radius 3 is 1.65 bits per heavy atom. The molecular weight excluding hydrogens is 691 g/mol. The minimum atomic E-state index is -0.0527. The van der Waals surface area contributed by atoms with Crippen molar-refractivity contribution in [1.29, 1.82) is 0 Å². The van der Waals surface area contributed by atoms with Gasteiger partial charge in [0.2, 0.25) is 0 Å². The van der Waals surface area contributed by atoms with E-state index in [0.717, 1.165) is 50.0 Å². The molecule has 11 rings (SSSR count). The number of anilines is 3. The van der Waals surface area contributed by atoms with E-state index in [1.165, 1.54) is 55.5 Å². The Balaban J connectivity index is 1.00. The number of hydrogen-bond donors (Lipinski definition) is 0. The molecule has 0 N–H and O–H groups in total. The van der Waals surface area contributed by atoms with E-state index in [-0.39, 0.29) is 5.41 Å². The van der Waals surface area contributed by atoms with Crippen LogP contribution >= 0.6 is 0 Å². The Morgan fingerprint density at radius 1 is 0.351 bits per heavy atom. The quantitative estimate of drug-likeness (QED) is 0.169. The van der Waals surface area contributed by atoms with Gasteiger partial charge in [0.05, 0.1) is 0 Å². The predicted molar refractivity (Wildman–Crippen MR) is 240 cm³/mol. The standard InChI is InChI=1S/C55H39NO/c1-55(2)51-20-12-11-18-45(51)46-31-25-40(34-52(46)55)39-26-32-53-49(33-39)50-35-48(44-17-9-10-19-47(44)54(50)57-53)38-23-29-43(30-24-38)56(41-15-7-4-8-16-41)42-27-21-37(22-28-42)36-13-5-3-6-14-36/h3-35H,1-2H3. The lowest BCUT2D eigenvalue weighted by Gasteiger charge is -2.26. The fraction of sp³-hybridized carbons (Fsp3) is 0.0545. The third-order valence-electron chi connectivity index (χ3n) is 12.1. The second-order valence-corrected chi connectivity index (χ2v) is 15.7. The molecule has 10 aromatic rings. The molecule has 57 heavy (non-hydrogen) atoms. The van der Waals surface area contributed by atoms with Crippen molar-refractivity contribution < 1.29 is 4.42 Å². The number of hydrogen-bond acceptors (Lipinski definition) is 2. The molecule has 1 aliphatic carbocycles. The van der Waals surface area contributed by atoms with Crippen LogP contribution in [0.2, 0.25) is 0 Å². The summed E-state index contributed by atoms with van der Waals surface area (Å²) in [4.78, 5) is 2.32. The Hall–Kier alpha value is -7.16. The molecule has 2 nitrogen and oxygen atoms in total. The zero-order valence-corrected chi connectivity index (χ0v) is 31.9. The molecule has 1 heterocycles. The summed E-state index contributed by atoms with van der Waals surface area (Å²) in [6.07, 6.45) is 0. The van der Waals surface area contributed by atoms with Crippen molar-refractivity contribution in [2.45, 2.75) is 19.3 Å². The van der Waals surface area contributed by atoms with Gasteiger partial charge in [0, 0.05) is 38.6 Å². The van der Waals surface area contributed by atoms with Crippen molar-refractivity contribution in [2.24, 2.45) is 0 Å². The van der Waals surface area contributed by atoms with E-state index < -0.39 is 0 Å². The Bertz CT molecular complexity index is 3120. The van der Waals surface area contributed by atoms with Gasteiger partial charge in [-0.05, 0) is 122 Å². The van der Waals surface area contributed by atoms with Crippen molar-refractivity contribution in [3.8, 4) is 44.5 Å². The topological polar surface area (TPSA) is 16.4 Å². The summed E-state index contributed by atoms with van der Waals surface area (Å²) in [5, 5.41) is 4.55. The van der Waals surface area contributed by atoms with Crippen LogP contribution in [-0.2, 0) is 5.41 Å². The monoisotopic (exact) mass is 729 g/mol. The van der Waals surface area contributed by atoms with E-state index in [1.807, 2.05) is 0 Å². The average Bonchev–Trinajstić information content (AvgIpc) is 3.76. The average molecular weight is 730 g/mol. The third kappa shape index (κ3) is 5.40. The molecule has 0 bridgehead atoms. The SMILES string of the molecule is CC1(C)c2ccccc2-c2ccc(-c3ccc4oc5c6ccccc6c(-c6ccc(N(c7ccccc7)c7ccc(-c8ccccc8)cc7)cc6)cc5c4c3)cc21. The van der Waals surface area contributed by atoms with Crippen molar-refractivity contribution in [1.82, 2.24) is 0 Å². The van der Waals surface area contributed by atoms with Crippen LogP contribution < -0.4 is 4.90 Å². The highest BCUT2D eigenvalue weighted by atomic mass is 16.3. The number of furan rings is 1. The van der Waals surface area contributed by atoms with Gasteiger partial charge in [-0.2, -0.15) is 0 Å². The van der Waals surface area contributed by atoms with Crippen molar-refractivity contribution >= 4 is 49.8 Å². The fourth-order valence-electron chi connectivity index (χ4n) is 9.15. The van der Waals surface area contributed by atoms with E-state index in [0.29, 0.717) is 0 Å². The van der Waals surface area contributed by atoms with Crippen LogP contribution in [0.3, 0.4) is 0 Å². The molecule has 1 aliphatic rings. The molecule has 2 heteroatoms. The van der Waals surface area contributed by atoms with Crippen LogP contribution in [-0.4, -0.2) is 0 Å². The van der Waals surface area contributed by atoms with Crippen LogP contribution in [0.15, 0.2) is 205 Å². The maximum atomic E-state index is 6.68. The van der Waals surface area contributed by atoms with Gasteiger partial charge >= 0.3 is 0 Å². The fourth-order valence-corrected chi connectivity index (χ4v) is 9.15. The lowest BCUT2D eigenvalue weighted by atomic mass is 9.81. The molecule has 1 aromatic heterocycles. The number of rotatable bonds is 6. The van der Waals surface area contributed by atoms with Gasteiger partial charge in [0.1, 0.15) is 11.2 Å². The second kappa shape index (κ2) is 13.0. The summed E-state index contributed by atoms with van der Waals surface area (Å²) in [5.74, 6) is 0. The van der Waals surface area contributed by atoms with Gasteiger partial charge in [-0.1, -0.05) is 153 Å². The van der Waals surface area contributed by atoms with Gasteiger partial charge in [0.25, 0.3) is 0 Å². The highest BCUT2D eigenvalue weighted by Crippen LogP contribution is 2.50. The number of fused-ring (bicyclic) bond motifs is 8. The zero-order chi connectivity index (χ0) is 38.1. The molecule has 270 valence electrons. The minimum absolute atomic E-state index is 0.0527. The summed E-state index contributed by atoms with van der Waals surface area (Å²) in [7, 11) is 0. The van der Waals surface area contributed by atoms with Crippen molar-refractivity contribution in [2.75, 3.05) is 4.90 Å². The number of para-hydroxylation sites is 1. The van der Waals surface area contributed by atoms with Gasteiger partial charge in [-0.15, -0.1) is 0 Å². The highest BCUT2D eigenvalue weighted by Gasteiger charge is 2.35. The van der Waals surface area contributed by atoms with Crippen molar-refractivity contribution in [3.05, 3.63) is 211 Å². The second-order valence-electron chi connectivity index (χ2n) is 15.7. The summed E-state index contributed by atoms with van der Waals surface area (Å²) < 4.78 is 6.68. The molecule has 0 unspecified atom stereocenters. The zero-order valence-electron chi connectivity index (χ0n) is 31.9. The predicted octanol–water partition coefficient (Wildman–Crippen LogP) is 15.5. The smallest absolute Gasteiger partial charge is 0.143 e. The van der Waals surface area contributed by atoms with E-state index in [9.17, 15) is 0 Å². The molecule has 0 saturated heterocycles. The maximum Gasteiger partial charge on any atom is 0.143 e. The van der Waals surface area contributed by atoms with Gasteiger partial charge in [-0.25, -0.2) is 0 Å². The van der Waals surface area contributed by atoms with Crippen LogP contribution in [0, 0.1) is 0 Å². The Morgan fingerprint density at radius 2 is 0.895 bits per heavy atom. The first kappa shape index (κ1) is 33.2. The van der Waals surface area contributed by atoms with Gasteiger partial charge < -0.3 is 9.32 Å². The Labute approximate surface area is 332 Å². The van der Waals surface area contributed by atoms with Crippen LogP contribution in [0.1, 0.15) is 25.0 Å². The van der Waals surface area contributed by atoms with E-state index in [4.69, 9.17) is 4.42 Å². The summed E-state index contributed by atoms with van der Waals surface area (Å²) in [6, 6.07) is 72.5. The van der Waals surface area contributed by atoms with E-state index in [2.05, 4.69) is 219 Å². The summed E-state index contributed by atoms with van der Waals surface area (Å²) in [6.45, 7) is 4.69. The number of nitrogens with zero attached hydrogens (tertiary/aromatic N) is 1. The maximum absolute atomic E-state index is 6.68. The van der Waals surface area contributed by atoms with Crippen molar-refractivity contribution in [3.63, 3.8) is 0 Å².